The van der Waals surface area contributed by atoms with Crippen molar-refractivity contribution in [3.05, 3.63) is 29.0 Å². The molecule has 0 fully saturated rings. The van der Waals surface area contributed by atoms with Crippen molar-refractivity contribution in [2.45, 2.75) is 13.5 Å². The Labute approximate surface area is 101 Å². The van der Waals surface area contributed by atoms with E-state index in [0.717, 1.165) is 13.1 Å². The molecule has 84 valence electrons. The maximum atomic E-state index is 5.70. The van der Waals surface area contributed by atoms with Gasteiger partial charge in [0, 0.05) is 12.7 Å². The van der Waals surface area contributed by atoms with Crippen LogP contribution in [0.2, 0.25) is 5.15 Å². The zero-order valence-corrected chi connectivity index (χ0v) is 10.7. The molecule has 0 radical (unpaired) electrons. The highest BCUT2D eigenvalue weighted by molar-refractivity contribution is 7.98. The largest absolute Gasteiger partial charge is 0.312 e. The Bertz CT molecular complexity index is 276. The van der Waals surface area contributed by atoms with Crippen molar-refractivity contribution in [1.29, 1.82) is 0 Å². The van der Waals surface area contributed by atoms with E-state index >= 15 is 0 Å². The molecule has 0 aliphatic carbocycles. The average molecular weight is 245 g/mol. The van der Waals surface area contributed by atoms with E-state index in [2.05, 4.69) is 23.5 Å². The predicted molar refractivity (Wildman–Crippen MR) is 68.5 cm³/mol. The quantitative estimate of drug-likeness (QED) is 0.779. The summed E-state index contributed by atoms with van der Waals surface area (Å²) in [5.41, 5.74) is 1.18. The number of nitrogens with one attached hydrogen (secondary N) is 1. The Morgan fingerprint density at radius 2 is 2.33 bits per heavy atom. The molecule has 1 rings (SSSR count). The van der Waals surface area contributed by atoms with Crippen LogP contribution in [0.4, 0.5) is 0 Å². The van der Waals surface area contributed by atoms with Crippen LogP contribution < -0.4 is 5.32 Å². The van der Waals surface area contributed by atoms with Gasteiger partial charge in [-0.2, -0.15) is 11.8 Å². The third-order valence-electron chi connectivity index (χ3n) is 2.06. The van der Waals surface area contributed by atoms with Crippen LogP contribution in [-0.4, -0.2) is 23.5 Å². The molecule has 0 aliphatic rings. The van der Waals surface area contributed by atoms with Gasteiger partial charge in [-0.05, 0) is 36.1 Å². The monoisotopic (exact) mass is 244 g/mol. The third kappa shape index (κ3) is 5.40. The van der Waals surface area contributed by atoms with Crippen LogP contribution in [0.1, 0.15) is 12.5 Å². The van der Waals surface area contributed by atoms with E-state index in [9.17, 15) is 0 Å². The highest BCUT2D eigenvalue weighted by atomic mass is 35.5. The van der Waals surface area contributed by atoms with Crippen LogP contribution in [0.25, 0.3) is 0 Å². The van der Waals surface area contributed by atoms with Gasteiger partial charge in [-0.25, -0.2) is 4.98 Å². The van der Waals surface area contributed by atoms with E-state index in [-0.39, 0.29) is 0 Å². The molecule has 1 heterocycles. The maximum Gasteiger partial charge on any atom is 0.129 e. The lowest BCUT2D eigenvalue weighted by Crippen LogP contribution is -2.22. The highest BCUT2D eigenvalue weighted by Crippen LogP contribution is 2.06. The first-order valence-electron chi connectivity index (χ1n) is 5.02. The maximum absolute atomic E-state index is 5.70. The normalized spacial score (nSPS) is 12.7. The van der Waals surface area contributed by atoms with Gasteiger partial charge in [-0.3, -0.25) is 0 Å². The van der Waals surface area contributed by atoms with Crippen molar-refractivity contribution in [3.8, 4) is 0 Å². The lowest BCUT2D eigenvalue weighted by Gasteiger charge is -2.10. The van der Waals surface area contributed by atoms with E-state index in [1.807, 2.05) is 30.1 Å². The van der Waals surface area contributed by atoms with Crippen molar-refractivity contribution in [2.24, 2.45) is 5.92 Å². The molecule has 2 nitrogen and oxygen atoms in total. The summed E-state index contributed by atoms with van der Waals surface area (Å²) in [6.07, 6.45) is 3.95. The second-order valence-electron chi connectivity index (χ2n) is 3.68. The summed E-state index contributed by atoms with van der Waals surface area (Å²) >= 11 is 7.59. The number of thioether (sulfide) groups is 1. The average Bonchev–Trinajstić information content (AvgIpc) is 2.21. The molecule has 0 amide bonds. The first kappa shape index (κ1) is 12.8. The first-order chi connectivity index (χ1) is 7.22. The second-order valence-corrected chi connectivity index (χ2v) is 4.98. The summed E-state index contributed by atoms with van der Waals surface area (Å²) in [5.74, 6) is 1.91. The lowest BCUT2D eigenvalue weighted by atomic mass is 10.2. The Morgan fingerprint density at radius 1 is 1.53 bits per heavy atom. The molecule has 1 unspecified atom stereocenters. The van der Waals surface area contributed by atoms with Crippen LogP contribution in [-0.2, 0) is 6.54 Å². The molecule has 0 saturated heterocycles. The van der Waals surface area contributed by atoms with Crippen LogP contribution in [0.15, 0.2) is 18.3 Å². The molecule has 0 aliphatic heterocycles. The van der Waals surface area contributed by atoms with Crippen molar-refractivity contribution >= 4 is 23.4 Å². The molecule has 0 aromatic carbocycles. The summed E-state index contributed by atoms with van der Waals surface area (Å²) < 4.78 is 0. The van der Waals surface area contributed by atoms with Crippen molar-refractivity contribution in [3.63, 3.8) is 0 Å². The Balaban J connectivity index is 2.22. The molecule has 0 bridgehead atoms. The summed E-state index contributed by atoms with van der Waals surface area (Å²) in [5, 5.41) is 3.96. The number of pyridine rings is 1. The summed E-state index contributed by atoms with van der Waals surface area (Å²) in [7, 11) is 0. The van der Waals surface area contributed by atoms with Gasteiger partial charge in [-0.1, -0.05) is 24.6 Å². The minimum atomic E-state index is 0.550. The molecule has 0 saturated carbocycles. The summed E-state index contributed by atoms with van der Waals surface area (Å²) in [6.45, 7) is 4.16. The molecular weight excluding hydrogens is 228 g/mol. The number of hydrogen-bond acceptors (Lipinski definition) is 3. The summed E-state index contributed by atoms with van der Waals surface area (Å²) in [4.78, 5) is 4.03. The van der Waals surface area contributed by atoms with Gasteiger partial charge in [0.1, 0.15) is 5.15 Å². The van der Waals surface area contributed by atoms with Gasteiger partial charge >= 0.3 is 0 Å². The standard InChI is InChI=1S/C11H17ClN2S/c1-9(8-15-2)5-13-6-10-3-4-11(12)14-7-10/h3-4,7,9,13H,5-6,8H2,1-2H3. The number of nitrogens with zero attached hydrogens (tertiary/aromatic N) is 1. The van der Waals surface area contributed by atoms with Crippen molar-refractivity contribution in [2.75, 3.05) is 18.6 Å². The SMILES string of the molecule is CSCC(C)CNCc1ccc(Cl)nc1. The Hall–Kier alpha value is -0.250. The Kier molecular flexibility index (Phi) is 6.06. The van der Waals surface area contributed by atoms with Crippen molar-refractivity contribution < 1.29 is 0 Å². The zero-order valence-electron chi connectivity index (χ0n) is 9.16. The molecule has 4 heteroatoms. The van der Waals surface area contributed by atoms with Gasteiger partial charge in [0.05, 0.1) is 0 Å². The number of halogens is 1. The lowest BCUT2D eigenvalue weighted by molar-refractivity contribution is 0.559. The van der Waals surface area contributed by atoms with Gasteiger partial charge in [0.2, 0.25) is 0 Å². The molecule has 15 heavy (non-hydrogen) atoms. The van der Waals surface area contributed by atoms with E-state index in [1.54, 1.807) is 0 Å². The molecular formula is C11H17ClN2S. The van der Waals surface area contributed by atoms with Crippen LogP contribution >= 0.6 is 23.4 Å². The van der Waals surface area contributed by atoms with Crippen LogP contribution in [0.3, 0.4) is 0 Å². The van der Waals surface area contributed by atoms with Crippen LogP contribution in [0.5, 0.6) is 0 Å². The highest BCUT2D eigenvalue weighted by Gasteiger charge is 2.00. The smallest absolute Gasteiger partial charge is 0.129 e. The van der Waals surface area contributed by atoms with E-state index in [0.29, 0.717) is 11.1 Å². The predicted octanol–water partition coefficient (Wildman–Crippen LogP) is 2.82. The number of aromatic nitrogens is 1. The van der Waals surface area contributed by atoms with Gasteiger partial charge in [-0.15, -0.1) is 0 Å². The minimum Gasteiger partial charge on any atom is -0.312 e. The van der Waals surface area contributed by atoms with Crippen LogP contribution in [0, 0.1) is 5.92 Å². The second kappa shape index (κ2) is 7.09. The molecule has 1 N–H and O–H groups in total. The fourth-order valence-electron chi connectivity index (χ4n) is 1.32. The van der Waals surface area contributed by atoms with E-state index < -0.39 is 0 Å². The Morgan fingerprint density at radius 3 is 2.93 bits per heavy atom. The van der Waals surface area contributed by atoms with E-state index in [4.69, 9.17) is 11.6 Å². The molecule has 1 atom stereocenters. The minimum absolute atomic E-state index is 0.550. The molecule has 1 aromatic rings. The fraction of sp³-hybridized carbons (Fsp3) is 0.545. The fourth-order valence-corrected chi connectivity index (χ4v) is 2.12. The zero-order chi connectivity index (χ0) is 11.1. The van der Waals surface area contributed by atoms with Gasteiger partial charge in [0.15, 0.2) is 0 Å². The topological polar surface area (TPSA) is 24.9 Å². The molecule has 0 spiro atoms. The number of rotatable bonds is 6. The van der Waals surface area contributed by atoms with E-state index in [1.165, 1.54) is 11.3 Å². The van der Waals surface area contributed by atoms with Crippen molar-refractivity contribution in [1.82, 2.24) is 10.3 Å². The molecule has 1 aromatic heterocycles. The van der Waals surface area contributed by atoms with Gasteiger partial charge < -0.3 is 5.32 Å². The number of hydrogen-bond donors (Lipinski definition) is 1. The first-order valence-corrected chi connectivity index (χ1v) is 6.79. The summed E-state index contributed by atoms with van der Waals surface area (Å²) in [6, 6.07) is 3.82. The third-order valence-corrected chi connectivity index (χ3v) is 3.19. The van der Waals surface area contributed by atoms with Gasteiger partial charge in [0.25, 0.3) is 0 Å².